The third kappa shape index (κ3) is 2.30. The molecule has 2 aromatic rings. The first kappa shape index (κ1) is 13.2. The minimum atomic E-state index is -0.905. The second kappa shape index (κ2) is 5.27. The van der Waals surface area contributed by atoms with Crippen LogP contribution in [0.2, 0.25) is 0 Å². The lowest BCUT2D eigenvalue weighted by atomic mass is 9.89. The van der Waals surface area contributed by atoms with Crippen molar-refractivity contribution in [2.75, 3.05) is 0 Å². The van der Waals surface area contributed by atoms with Crippen LogP contribution >= 0.6 is 0 Å². The maximum atomic E-state index is 11.3. The Hall–Kier alpha value is -1.84. The third-order valence-electron chi connectivity index (χ3n) is 4.37. The molecule has 0 spiro atoms. The molecule has 1 aromatic carbocycles. The molecule has 1 fully saturated rings. The minimum absolute atomic E-state index is 0.299. The molecule has 0 bridgehead atoms. The number of aromatic carboxylic acids is 1. The van der Waals surface area contributed by atoms with Crippen molar-refractivity contribution in [2.45, 2.75) is 45.6 Å². The predicted molar refractivity (Wildman–Crippen MR) is 78.0 cm³/mol. The number of carboxylic acids is 1. The molecule has 4 heteroatoms. The molecule has 0 amide bonds. The van der Waals surface area contributed by atoms with Crippen LogP contribution in [-0.4, -0.2) is 20.6 Å². The second-order valence-corrected chi connectivity index (χ2v) is 5.75. The first-order chi connectivity index (χ1) is 9.66. The van der Waals surface area contributed by atoms with Crippen LogP contribution in [0.25, 0.3) is 11.0 Å². The maximum Gasteiger partial charge on any atom is 0.337 e. The molecule has 1 aliphatic rings. The van der Waals surface area contributed by atoms with Gasteiger partial charge in [-0.1, -0.05) is 25.3 Å². The third-order valence-corrected chi connectivity index (χ3v) is 4.37. The van der Waals surface area contributed by atoms with Crippen LogP contribution in [-0.2, 0) is 6.54 Å². The first-order valence-electron chi connectivity index (χ1n) is 7.36. The van der Waals surface area contributed by atoms with Gasteiger partial charge in [0.25, 0.3) is 0 Å². The number of imidazole rings is 1. The lowest BCUT2D eigenvalue weighted by Crippen LogP contribution is -2.15. The van der Waals surface area contributed by atoms with E-state index < -0.39 is 5.97 Å². The van der Waals surface area contributed by atoms with Crippen LogP contribution in [0.1, 0.15) is 48.3 Å². The molecule has 0 unspecified atom stereocenters. The molecule has 1 aliphatic carbocycles. The van der Waals surface area contributed by atoms with Crippen molar-refractivity contribution in [1.82, 2.24) is 9.55 Å². The summed E-state index contributed by atoms with van der Waals surface area (Å²) in [6.07, 6.45) is 6.53. The number of hydrogen-bond donors (Lipinski definition) is 1. The van der Waals surface area contributed by atoms with Gasteiger partial charge in [-0.25, -0.2) is 9.78 Å². The van der Waals surface area contributed by atoms with Crippen molar-refractivity contribution in [2.24, 2.45) is 5.92 Å². The van der Waals surface area contributed by atoms with E-state index in [-0.39, 0.29) is 0 Å². The van der Waals surface area contributed by atoms with Gasteiger partial charge in [0.1, 0.15) is 11.3 Å². The molecule has 0 atom stereocenters. The Morgan fingerprint density at radius 2 is 2.10 bits per heavy atom. The van der Waals surface area contributed by atoms with Gasteiger partial charge in [-0.3, -0.25) is 0 Å². The van der Waals surface area contributed by atoms with Gasteiger partial charge in [0, 0.05) is 6.54 Å². The molecule has 0 radical (unpaired) electrons. The average molecular weight is 272 g/mol. The summed E-state index contributed by atoms with van der Waals surface area (Å²) >= 11 is 0. The normalized spacial score (nSPS) is 16.6. The van der Waals surface area contributed by atoms with Crippen molar-refractivity contribution in [3.8, 4) is 0 Å². The summed E-state index contributed by atoms with van der Waals surface area (Å²) < 4.78 is 2.19. The van der Waals surface area contributed by atoms with E-state index >= 15 is 0 Å². The Kier molecular flexibility index (Phi) is 3.47. The van der Waals surface area contributed by atoms with Crippen molar-refractivity contribution in [1.29, 1.82) is 0 Å². The Balaban J connectivity index is 2.00. The van der Waals surface area contributed by atoms with Crippen LogP contribution in [0.4, 0.5) is 0 Å². The Morgan fingerprint density at radius 3 is 2.80 bits per heavy atom. The Bertz CT molecular complexity index is 639. The highest BCUT2D eigenvalue weighted by atomic mass is 16.4. The van der Waals surface area contributed by atoms with Gasteiger partial charge in [0.2, 0.25) is 0 Å². The lowest BCUT2D eigenvalue weighted by Gasteiger charge is -2.22. The zero-order valence-electron chi connectivity index (χ0n) is 11.8. The first-order valence-corrected chi connectivity index (χ1v) is 7.36. The zero-order chi connectivity index (χ0) is 14.1. The molecule has 1 heterocycles. The van der Waals surface area contributed by atoms with E-state index in [4.69, 9.17) is 0 Å². The van der Waals surface area contributed by atoms with Gasteiger partial charge in [-0.05, 0) is 37.8 Å². The smallest absolute Gasteiger partial charge is 0.337 e. The molecule has 1 aromatic heterocycles. The van der Waals surface area contributed by atoms with Gasteiger partial charge in [-0.2, -0.15) is 0 Å². The van der Waals surface area contributed by atoms with E-state index in [1.807, 2.05) is 19.1 Å². The molecule has 1 saturated carbocycles. The largest absolute Gasteiger partial charge is 0.478 e. The maximum absolute atomic E-state index is 11.3. The highest BCUT2D eigenvalue weighted by Gasteiger charge is 2.19. The van der Waals surface area contributed by atoms with Gasteiger partial charge in [0.15, 0.2) is 0 Å². The summed E-state index contributed by atoms with van der Waals surface area (Å²) in [6.45, 7) is 2.93. The van der Waals surface area contributed by atoms with Crippen molar-refractivity contribution in [3.63, 3.8) is 0 Å². The molecule has 20 heavy (non-hydrogen) atoms. The van der Waals surface area contributed by atoms with Crippen LogP contribution in [0.5, 0.6) is 0 Å². The predicted octanol–water partition coefficient (Wildman–Crippen LogP) is 3.62. The fourth-order valence-electron chi connectivity index (χ4n) is 3.29. The zero-order valence-corrected chi connectivity index (χ0v) is 11.8. The van der Waals surface area contributed by atoms with E-state index in [0.717, 1.165) is 17.9 Å². The number of aryl methyl sites for hydroxylation is 1. The molecule has 4 nitrogen and oxygen atoms in total. The molecule has 1 N–H and O–H groups in total. The SMILES string of the molecule is Cc1nc2c(C(=O)O)cccc2n1CC1CCCCC1. The standard InChI is InChI=1S/C16H20N2O2/c1-11-17-15-13(16(19)20)8-5-9-14(15)18(11)10-12-6-3-2-4-7-12/h5,8-9,12H,2-4,6-7,10H2,1H3,(H,19,20). The molecular formula is C16H20N2O2. The van der Waals surface area contributed by atoms with Crippen molar-refractivity contribution in [3.05, 3.63) is 29.6 Å². The molecule has 3 rings (SSSR count). The minimum Gasteiger partial charge on any atom is -0.478 e. The number of carbonyl (C=O) groups is 1. The van der Waals surface area contributed by atoms with E-state index in [9.17, 15) is 9.90 Å². The van der Waals surface area contributed by atoms with Crippen molar-refractivity contribution >= 4 is 17.0 Å². The highest BCUT2D eigenvalue weighted by molar-refractivity contribution is 6.01. The summed E-state index contributed by atoms with van der Waals surface area (Å²) in [6, 6.07) is 5.41. The number of rotatable bonds is 3. The van der Waals surface area contributed by atoms with Gasteiger partial charge >= 0.3 is 5.97 Å². The summed E-state index contributed by atoms with van der Waals surface area (Å²) in [5.74, 6) is 0.713. The van der Waals surface area contributed by atoms with Gasteiger partial charge in [-0.15, -0.1) is 0 Å². The van der Waals surface area contributed by atoms with E-state index in [1.165, 1.54) is 32.1 Å². The molecule has 106 valence electrons. The number of fused-ring (bicyclic) bond motifs is 1. The molecular weight excluding hydrogens is 252 g/mol. The number of carboxylic acid groups (broad SMARTS) is 1. The Morgan fingerprint density at radius 1 is 1.35 bits per heavy atom. The van der Waals surface area contributed by atoms with Crippen LogP contribution in [0.15, 0.2) is 18.2 Å². The fourth-order valence-corrected chi connectivity index (χ4v) is 3.29. The number of nitrogens with zero attached hydrogens (tertiary/aromatic N) is 2. The number of benzene rings is 1. The molecule has 0 saturated heterocycles. The highest BCUT2D eigenvalue weighted by Crippen LogP contribution is 2.28. The summed E-state index contributed by atoms with van der Waals surface area (Å²) in [4.78, 5) is 15.8. The number of aromatic nitrogens is 2. The number of para-hydroxylation sites is 1. The number of hydrogen-bond acceptors (Lipinski definition) is 2. The van der Waals surface area contributed by atoms with Crippen LogP contribution in [0, 0.1) is 12.8 Å². The lowest BCUT2D eigenvalue weighted by molar-refractivity contribution is 0.0699. The van der Waals surface area contributed by atoms with E-state index in [1.54, 1.807) is 6.07 Å². The summed E-state index contributed by atoms with van der Waals surface area (Å²) in [5.41, 5.74) is 1.87. The Labute approximate surface area is 118 Å². The summed E-state index contributed by atoms with van der Waals surface area (Å²) in [7, 11) is 0. The average Bonchev–Trinajstić information content (AvgIpc) is 2.76. The monoisotopic (exact) mass is 272 g/mol. The van der Waals surface area contributed by atoms with Crippen LogP contribution < -0.4 is 0 Å². The van der Waals surface area contributed by atoms with Gasteiger partial charge < -0.3 is 9.67 Å². The fraction of sp³-hybridized carbons (Fsp3) is 0.500. The van der Waals surface area contributed by atoms with Crippen LogP contribution in [0.3, 0.4) is 0 Å². The van der Waals surface area contributed by atoms with E-state index in [2.05, 4.69) is 9.55 Å². The van der Waals surface area contributed by atoms with Gasteiger partial charge in [0.05, 0.1) is 11.1 Å². The molecule has 0 aliphatic heterocycles. The quantitative estimate of drug-likeness (QED) is 0.928. The summed E-state index contributed by atoms with van der Waals surface area (Å²) in [5, 5.41) is 9.26. The van der Waals surface area contributed by atoms with Crippen molar-refractivity contribution < 1.29 is 9.90 Å². The second-order valence-electron chi connectivity index (χ2n) is 5.75. The topological polar surface area (TPSA) is 55.1 Å². The van der Waals surface area contributed by atoms with E-state index in [0.29, 0.717) is 17.0 Å².